The number of hydrogen-bond acceptors (Lipinski definition) is 3. The van der Waals surface area contributed by atoms with E-state index in [9.17, 15) is 0 Å². The fourth-order valence-electron chi connectivity index (χ4n) is 1.27. The van der Waals surface area contributed by atoms with Crippen molar-refractivity contribution in [3.05, 3.63) is 34.9 Å². The summed E-state index contributed by atoms with van der Waals surface area (Å²) in [5, 5.41) is 12.9. The monoisotopic (exact) mass is 229 g/mol. The first-order valence-electron chi connectivity index (χ1n) is 4.84. The molecule has 1 aromatic carbocycles. The van der Waals surface area contributed by atoms with Crippen LogP contribution in [-0.2, 0) is 11.3 Å². The maximum Gasteiger partial charge on any atom is 0.0638 e. The van der Waals surface area contributed by atoms with Gasteiger partial charge in [-0.3, -0.25) is 0 Å². The van der Waals surface area contributed by atoms with Gasteiger partial charge >= 0.3 is 0 Å². The van der Waals surface area contributed by atoms with Gasteiger partial charge in [0.1, 0.15) is 0 Å². The first-order valence-corrected chi connectivity index (χ1v) is 5.22. The number of aliphatic hydroxyl groups excluding tert-OH is 1. The molecule has 84 valence electrons. The number of nitrogens with one attached hydrogen (secondary N) is 1. The molecule has 0 heterocycles. The zero-order valence-electron chi connectivity index (χ0n) is 8.74. The summed E-state index contributed by atoms with van der Waals surface area (Å²) in [5.41, 5.74) is 1.02. The Morgan fingerprint density at radius 1 is 1.47 bits per heavy atom. The van der Waals surface area contributed by atoms with Gasteiger partial charge < -0.3 is 15.2 Å². The van der Waals surface area contributed by atoms with E-state index in [-0.39, 0.29) is 12.6 Å². The number of methoxy groups -OCH3 is 1. The lowest BCUT2D eigenvalue weighted by atomic mass is 10.2. The van der Waals surface area contributed by atoms with Gasteiger partial charge in [-0.15, -0.1) is 0 Å². The van der Waals surface area contributed by atoms with Gasteiger partial charge in [0, 0.05) is 18.7 Å². The molecule has 0 fully saturated rings. The Hall–Kier alpha value is -0.610. The van der Waals surface area contributed by atoms with Crippen LogP contribution in [0.2, 0.25) is 5.02 Å². The number of rotatable bonds is 6. The van der Waals surface area contributed by atoms with Crippen molar-refractivity contribution in [2.24, 2.45) is 0 Å². The molecule has 2 N–H and O–H groups in total. The van der Waals surface area contributed by atoms with Gasteiger partial charge in [0.25, 0.3) is 0 Å². The largest absolute Gasteiger partial charge is 0.395 e. The van der Waals surface area contributed by atoms with Crippen LogP contribution in [0.15, 0.2) is 24.3 Å². The van der Waals surface area contributed by atoms with Gasteiger partial charge in [0.05, 0.1) is 19.3 Å². The average Bonchev–Trinajstić information content (AvgIpc) is 2.26. The molecule has 0 radical (unpaired) electrons. The fraction of sp³-hybridized carbons (Fsp3) is 0.455. The number of hydrogen-bond donors (Lipinski definition) is 2. The molecule has 0 aliphatic rings. The first kappa shape index (κ1) is 12.5. The van der Waals surface area contributed by atoms with E-state index < -0.39 is 0 Å². The fourth-order valence-corrected chi connectivity index (χ4v) is 1.48. The Bertz CT molecular complexity index is 294. The molecular weight excluding hydrogens is 214 g/mol. The van der Waals surface area contributed by atoms with Crippen molar-refractivity contribution in [3.63, 3.8) is 0 Å². The van der Waals surface area contributed by atoms with E-state index in [4.69, 9.17) is 21.4 Å². The lowest BCUT2D eigenvalue weighted by molar-refractivity contribution is 0.128. The molecule has 0 aliphatic carbocycles. The van der Waals surface area contributed by atoms with Gasteiger partial charge in [0.2, 0.25) is 0 Å². The molecule has 0 aliphatic heterocycles. The molecule has 0 bridgehead atoms. The SMILES string of the molecule is COCC(CO)NCc1ccccc1Cl. The summed E-state index contributed by atoms with van der Waals surface area (Å²) >= 11 is 5.99. The predicted octanol–water partition coefficient (Wildman–Crippen LogP) is 1.44. The van der Waals surface area contributed by atoms with Crippen molar-refractivity contribution in [1.29, 1.82) is 0 Å². The molecule has 1 atom stereocenters. The number of aliphatic hydroxyl groups is 1. The van der Waals surface area contributed by atoms with Gasteiger partial charge in [-0.1, -0.05) is 29.8 Å². The Kier molecular flexibility index (Phi) is 5.65. The van der Waals surface area contributed by atoms with Gasteiger partial charge in [0.15, 0.2) is 0 Å². The van der Waals surface area contributed by atoms with Crippen LogP contribution in [-0.4, -0.2) is 31.5 Å². The third-order valence-corrected chi connectivity index (χ3v) is 2.50. The number of halogens is 1. The van der Waals surface area contributed by atoms with Crippen molar-refractivity contribution in [2.45, 2.75) is 12.6 Å². The summed E-state index contributed by atoms with van der Waals surface area (Å²) in [6.45, 7) is 1.17. The summed E-state index contributed by atoms with van der Waals surface area (Å²) in [5.74, 6) is 0. The molecule has 1 rings (SSSR count). The molecule has 1 unspecified atom stereocenters. The van der Waals surface area contributed by atoms with E-state index in [1.165, 1.54) is 0 Å². The topological polar surface area (TPSA) is 41.5 Å². The third-order valence-electron chi connectivity index (χ3n) is 2.13. The highest BCUT2D eigenvalue weighted by molar-refractivity contribution is 6.31. The Morgan fingerprint density at radius 3 is 2.80 bits per heavy atom. The van der Waals surface area contributed by atoms with E-state index in [2.05, 4.69) is 5.32 Å². The predicted molar refractivity (Wildman–Crippen MR) is 61.0 cm³/mol. The Balaban J connectivity index is 2.45. The third kappa shape index (κ3) is 4.18. The molecule has 0 amide bonds. The van der Waals surface area contributed by atoms with Crippen LogP contribution in [0, 0.1) is 0 Å². The van der Waals surface area contributed by atoms with Gasteiger partial charge in [-0.2, -0.15) is 0 Å². The second kappa shape index (κ2) is 6.80. The summed E-state index contributed by atoms with van der Waals surface area (Å²) < 4.78 is 4.96. The van der Waals surface area contributed by atoms with E-state index in [1.807, 2.05) is 24.3 Å². The van der Waals surface area contributed by atoms with Crippen LogP contribution in [0.25, 0.3) is 0 Å². The van der Waals surface area contributed by atoms with Crippen molar-refractivity contribution < 1.29 is 9.84 Å². The minimum absolute atomic E-state index is 0.0497. The molecule has 0 saturated heterocycles. The van der Waals surface area contributed by atoms with Crippen LogP contribution in [0.1, 0.15) is 5.56 Å². The minimum Gasteiger partial charge on any atom is -0.395 e. The zero-order chi connectivity index (χ0) is 11.1. The van der Waals surface area contributed by atoms with Crippen molar-refractivity contribution in [3.8, 4) is 0 Å². The quantitative estimate of drug-likeness (QED) is 0.776. The average molecular weight is 230 g/mol. The molecule has 1 aromatic rings. The van der Waals surface area contributed by atoms with Crippen LogP contribution in [0.4, 0.5) is 0 Å². The van der Waals surface area contributed by atoms with Gasteiger partial charge in [-0.25, -0.2) is 0 Å². The first-order chi connectivity index (χ1) is 7.27. The second-order valence-electron chi connectivity index (χ2n) is 3.31. The number of ether oxygens (including phenoxy) is 1. The highest BCUT2D eigenvalue weighted by Gasteiger charge is 2.06. The van der Waals surface area contributed by atoms with Crippen molar-refractivity contribution >= 4 is 11.6 Å². The van der Waals surface area contributed by atoms with Crippen LogP contribution < -0.4 is 5.32 Å². The summed E-state index contributed by atoms with van der Waals surface area (Å²) in [6, 6.07) is 7.59. The Labute approximate surface area is 95.0 Å². The molecule has 3 nitrogen and oxygen atoms in total. The molecule has 0 saturated carbocycles. The highest BCUT2D eigenvalue weighted by Crippen LogP contribution is 2.14. The van der Waals surface area contributed by atoms with E-state index in [0.717, 1.165) is 10.6 Å². The maximum atomic E-state index is 9.03. The smallest absolute Gasteiger partial charge is 0.0638 e. The number of benzene rings is 1. The zero-order valence-corrected chi connectivity index (χ0v) is 9.50. The lowest BCUT2D eigenvalue weighted by Crippen LogP contribution is -2.35. The highest BCUT2D eigenvalue weighted by atomic mass is 35.5. The molecule has 4 heteroatoms. The normalized spacial score (nSPS) is 12.7. The van der Waals surface area contributed by atoms with Crippen molar-refractivity contribution in [1.82, 2.24) is 5.32 Å². The minimum atomic E-state index is -0.0497. The van der Waals surface area contributed by atoms with Crippen molar-refractivity contribution in [2.75, 3.05) is 20.3 Å². The van der Waals surface area contributed by atoms with E-state index >= 15 is 0 Å². The lowest BCUT2D eigenvalue weighted by Gasteiger charge is -2.15. The van der Waals surface area contributed by atoms with E-state index in [1.54, 1.807) is 7.11 Å². The second-order valence-corrected chi connectivity index (χ2v) is 3.71. The van der Waals surface area contributed by atoms with Crippen LogP contribution in [0.5, 0.6) is 0 Å². The molecule has 15 heavy (non-hydrogen) atoms. The molecular formula is C11H16ClNO2. The van der Waals surface area contributed by atoms with Crippen LogP contribution in [0.3, 0.4) is 0 Å². The van der Waals surface area contributed by atoms with Gasteiger partial charge in [-0.05, 0) is 11.6 Å². The standard InChI is InChI=1S/C11H16ClNO2/c1-15-8-10(7-14)13-6-9-4-2-3-5-11(9)12/h2-5,10,13-14H,6-8H2,1H3. The summed E-state index contributed by atoms with van der Waals surface area (Å²) in [6.07, 6.45) is 0. The maximum absolute atomic E-state index is 9.03. The summed E-state index contributed by atoms with van der Waals surface area (Å²) in [4.78, 5) is 0. The van der Waals surface area contributed by atoms with Crippen LogP contribution >= 0.6 is 11.6 Å². The van der Waals surface area contributed by atoms with E-state index in [0.29, 0.717) is 13.2 Å². The summed E-state index contributed by atoms with van der Waals surface area (Å²) in [7, 11) is 1.61. The molecule has 0 aromatic heterocycles. The Morgan fingerprint density at radius 2 is 2.20 bits per heavy atom. The molecule has 0 spiro atoms.